The maximum absolute atomic E-state index is 3.60. The summed E-state index contributed by atoms with van der Waals surface area (Å²) in [6, 6.07) is 31.5. The molecule has 0 aliphatic heterocycles. The van der Waals surface area contributed by atoms with Crippen molar-refractivity contribution in [2.75, 3.05) is 0 Å². The van der Waals surface area contributed by atoms with Crippen LogP contribution in [0.15, 0.2) is 105 Å². The molecule has 0 bridgehead atoms. The number of hydrogen-bond acceptors (Lipinski definition) is 0. The molecule has 4 heteroatoms. The third-order valence-corrected chi connectivity index (χ3v) is 27.7. The van der Waals surface area contributed by atoms with Gasteiger partial charge >= 0.3 is 248 Å². The van der Waals surface area contributed by atoms with Crippen LogP contribution in [0.3, 0.4) is 0 Å². The molecule has 0 saturated carbocycles. The summed E-state index contributed by atoms with van der Waals surface area (Å²) in [6.45, 7) is 7.19. The first-order valence-corrected chi connectivity index (χ1v) is 28.5. The minimum atomic E-state index is -3.52. The van der Waals surface area contributed by atoms with Gasteiger partial charge < -0.3 is 0 Å². The zero-order valence-corrected chi connectivity index (χ0v) is 29.4. The Bertz CT molecular complexity index is 1600. The van der Waals surface area contributed by atoms with Crippen LogP contribution in [0.5, 0.6) is 0 Å². The Morgan fingerprint density at radius 1 is 0.579 bits per heavy atom. The number of allylic oxidation sites excluding steroid dienone is 2. The molecule has 0 heterocycles. The van der Waals surface area contributed by atoms with Gasteiger partial charge in [-0.05, 0) is 0 Å². The van der Waals surface area contributed by atoms with Gasteiger partial charge in [-0.2, -0.15) is 0 Å². The second-order valence-corrected chi connectivity index (χ2v) is 44.5. The predicted molar refractivity (Wildman–Crippen MR) is 172 cm³/mol. The Kier molecular flexibility index (Phi) is 6.67. The molecule has 0 fully saturated rings. The molecular formula is C34H32Br2SiZr. The molecule has 0 radical (unpaired) electrons. The Hall–Kier alpha value is -1.58. The van der Waals surface area contributed by atoms with Crippen molar-refractivity contribution in [3.05, 3.63) is 127 Å². The standard InChI is InChI=1S/2C16H12Br.2CH3.H2Si.Zr/c2*1-11-9-13-3-2-4-15(16(13)10-11)12-5-7-14(17)8-6-12;;;;/h2*2-10H,1H3;2*1H3;1H2;. The molecule has 2 aliphatic rings. The van der Waals surface area contributed by atoms with Crippen LogP contribution in [0.25, 0.3) is 34.4 Å². The molecule has 6 rings (SSSR count). The van der Waals surface area contributed by atoms with Gasteiger partial charge in [0.2, 0.25) is 0 Å². The summed E-state index contributed by atoms with van der Waals surface area (Å²) in [5.74, 6) is 0. The normalized spacial score (nSPS) is 18.6. The van der Waals surface area contributed by atoms with Gasteiger partial charge in [-0.1, -0.05) is 0 Å². The van der Waals surface area contributed by atoms with E-state index >= 15 is 0 Å². The summed E-state index contributed by atoms with van der Waals surface area (Å²) < 4.78 is 8.72. The summed E-state index contributed by atoms with van der Waals surface area (Å²) in [5.41, 5.74) is 14.3. The van der Waals surface area contributed by atoms with E-state index in [0.29, 0.717) is 7.25 Å². The van der Waals surface area contributed by atoms with Gasteiger partial charge in [-0.25, -0.2) is 0 Å². The third-order valence-electron chi connectivity index (χ3n) is 8.76. The van der Waals surface area contributed by atoms with E-state index < -0.39 is 17.4 Å². The van der Waals surface area contributed by atoms with E-state index in [-0.39, 0.29) is 0 Å². The Balaban J connectivity index is 1.49. The molecule has 4 aromatic carbocycles. The molecule has 4 aromatic rings. The topological polar surface area (TPSA) is 0 Å². The van der Waals surface area contributed by atoms with Crippen LogP contribution in [0.1, 0.15) is 43.4 Å². The molecule has 0 nitrogen and oxygen atoms in total. The van der Waals surface area contributed by atoms with Crippen LogP contribution < -0.4 is 0 Å². The van der Waals surface area contributed by atoms with Crippen molar-refractivity contribution in [2.24, 2.45) is 0 Å². The van der Waals surface area contributed by atoms with Crippen molar-refractivity contribution in [1.82, 2.24) is 0 Å². The zero-order valence-electron chi connectivity index (χ0n) is 22.4. The maximum atomic E-state index is 3.60. The van der Waals surface area contributed by atoms with Crippen molar-refractivity contribution in [2.45, 2.75) is 30.4 Å². The summed E-state index contributed by atoms with van der Waals surface area (Å²) >= 11 is 3.68. The van der Waals surface area contributed by atoms with Crippen LogP contribution in [0, 0.1) is 0 Å². The molecular weight excluding hydrogens is 687 g/mol. The molecule has 2 aliphatic carbocycles. The van der Waals surface area contributed by atoms with E-state index in [0.717, 1.165) is 8.95 Å². The van der Waals surface area contributed by atoms with Crippen LogP contribution in [-0.2, 0) is 17.4 Å². The van der Waals surface area contributed by atoms with Gasteiger partial charge in [0, 0.05) is 0 Å². The van der Waals surface area contributed by atoms with Gasteiger partial charge in [0.15, 0.2) is 0 Å². The Morgan fingerprint density at radius 2 is 0.947 bits per heavy atom. The molecule has 0 spiro atoms. The molecule has 0 amide bonds. The van der Waals surface area contributed by atoms with E-state index in [2.05, 4.69) is 159 Å². The van der Waals surface area contributed by atoms with Crippen molar-refractivity contribution in [3.8, 4) is 22.3 Å². The predicted octanol–water partition coefficient (Wildman–Crippen LogP) is 10.5. The van der Waals surface area contributed by atoms with Gasteiger partial charge in [-0.3, -0.25) is 0 Å². The summed E-state index contributed by atoms with van der Waals surface area (Å²) in [5, 5.41) is 0. The van der Waals surface area contributed by atoms with Crippen molar-refractivity contribution in [3.63, 3.8) is 0 Å². The Labute approximate surface area is 246 Å². The number of halogens is 2. The van der Waals surface area contributed by atoms with E-state index in [4.69, 9.17) is 0 Å². The zero-order chi connectivity index (χ0) is 26.8. The molecule has 0 aromatic heterocycles. The summed E-state index contributed by atoms with van der Waals surface area (Å²) in [7, 11) is 0. The second kappa shape index (κ2) is 9.51. The molecule has 0 N–H and O–H groups in total. The van der Waals surface area contributed by atoms with Crippen LogP contribution >= 0.6 is 31.9 Å². The number of hydrogen-bond donors (Lipinski definition) is 0. The van der Waals surface area contributed by atoms with E-state index in [1.807, 2.05) is 0 Å². The molecule has 0 saturated heterocycles. The minimum absolute atomic E-state index is 0.524. The first-order valence-electron chi connectivity index (χ1n) is 13.2. The van der Waals surface area contributed by atoms with Gasteiger partial charge in [0.25, 0.3) is 0 Å². The molecule has 2 unspecified atom stereocenters. The van der Waals surface area contributed by atoms with Crippen LogP contribution in [-0.4, -0.2) is 6.88 Å². The number of rotatable bonds is 4. The fourth-order valence-electron chi connectivity index (χ4n) is 7.55. The quantitative estimate of drug-likeness (QED) is 0.184. The summed E-state index contributed by atoms with van der Waals surface area (Å²) in [4.78, 5) is 0. The first-order chi connectivity index (χ1) is 18.0. The van der Waals surface area contributed by atoms with Gasteiger partial charge in [0.1, 0.15) is 0 Å². The van der Waals surface area contributed by atoms with Crippen molar-refractivity contribution in [1.29, 1.82) is 0 Å². The average Bonchev–Trinajstić information content (AvgIpc) is 3.41. The number of benzene rings is 4. The van der Waals surface area contributed by atoms with Gasteiger partial charge in [0.05, 0.1) is 0 Å². The van der Waals surface area contributed by atoms with Crippen LogP contribution in [0.2, 0.25) is 9.26 Å². The van der Waals surface area contributed by atoms with Crippen LogP contribution in [0.4, 0.5) is 0 Å². The fraction of sp³-hybridized carbons (Fsp3) is 0.176. The first kappa shape index (κ1) is 26.6. The van der Waals surface area contributed by atoms with Crippen molar-refractivity contribution < 1.29 is 17.4 Å². The second-order valence-electron chi connectivity index (χ2n) is 12.2. The Morgan fingerprint density at radius 3 is 1.32 bits per heavy atom. The molecule has 2 atom stereocenters. The van der Waals surface area contributed by atoms with Crippen molar-refractivity contribution >= 4 is 50.9 Å². The van der Waals surface area contributed by atoms with Gasteiger partial charge in [-0.15, -0.1) is 0 Å². The summed E-state index contributed by atoms with van der Waals surface area (Å²) in [6.07, 6.45) is 5.00. The third kappa shape index (κ3) is 4.31. The monoisotopic (exact) mass is 716 g/mol. The SMILES string of the molecule is CC1=Cc2c(-c3ccc(Br)cc3)cccc2[CH]1[Zr]([CH3])([CH3])(=[SiH2])[CH]1C(C)=Cc2c(-c3ccc(Br)cc3)cccc21. The molecule has 38 heavy (non-hydrogen) atoms. The fourth-order valence-corrected chi connectivity index (χ4v) is 29.3. The van der Waals surface area contributed by atoms with E-state index in [1.54, 1.807) is 22.3 Å². The van der Waals surface area contributed by atoms with E-state index in [1.165, 1.54) is 33.4 Å². The average molecular weight is 720 g/mol. The number of fused-ring (bicyclic) bond motifs is 2. The molecule has 190 valence electrons. The van der Waals surface area contributed by atoms with E-state index in [9.17, 15) is 0 Å².